The molecule has 2 amide bonds. The first-order valence-electron chi connectivity index (χ1n) is 11.8. The number of benzene rings is 2. The Morgan fingerprint density at radius 1 is 1.03 bits per heavy atom. The number of carbonyl (C=O) groups is 2. The molecule has 0 aromatic heterocycles. The summed E-state index contributed by atoms with van der Waals surface area (Å²) < 4.78 is 38.4. The standard InChI is InChI=1S/C26H33F3N4O2/c1-18-11-15-33(16-12-18)23-10-9-21(17-22(23)25(35)30-13-4-14-32(2)3)31-24(34)19-5-7-20(8-6-19)26(27,28)29/h5-10,17-18H,4,11-16H2,1-3H3,(H,30,35)(H,31,34). The molecular weight excluding hydrogens is 457 g/mol. The second-order valence-electron chi connectivity index (χ2n) is 9.34. The van der Waals surface area contributed by atoms with Gasteiger partial charge in [-0.2, -0.15) is 13.2 Å². The van der Waals surface area contributed by atoms with Gasteiger partial charge in [-0.3, -0.25) is 9.59 Å². The molecule has 0 aliphatic carbocycles. The van der Waals surface area contributed by atoms with E-state index in [9.17, 15) is 22.8 Å². The molecule has 35 heavy (non-hydrogen) atoms. The molecule has 0 atom stereocenters. The van der Waals surface area contributed by atoms with Crippen molar-refractivity contribution >= 4 is 23.2 Å². The molecule has 1 fully saturated rings. The number of amides is 2. The van der Waals surface area contributed by atoms with E-state index < -0.39 is 17.6 Å². The number of anilines is 2. The molecule has 1 saturated heterocycles. The summed E-state index contributed by atoms with van der Waals surface area (Å²) in [6.45, 7) is 5.28. The van der Waals surface area contributed by atoms with Crippen LogP contribution in [0.1, 0.15) is 52.5 Å². The number of halogens is 3. The van der Waals surface area contributed by atoms with E-state index in [1.165, 1.54) is 0 Å². The van der Waals surface area contributed by atoms with Crippen molar-refractivity contribution < 1.29 is 22.8 Å². The monoisotopic (exact) mass is 490 g/mol. The number of hydrogen-bond acceptors (Lipinski definition) is 4. The van der Waals surface area contributed by atoms with Crippen molar-refractivity contribution in [1.82, 2.24) is 10.2 Å². The summed E-state index contributed by atoms with van der Waals surface area (Å²) in [7, 11) is 3.94. The topological polar surface area (TPSA) is 64.7 Å². The highest BCUT2D eigenvalue weighted by atomic mass is 19.4. The fourth-order valence-corrected chi connectivity index (χ4v) is 4.03. The average molecular weight is 491 g/mol. The molecule has 1 aliphatic rings. The highest BCUT2D eigenvalue weighted by Crippen LogP contribution is 2.30. The zero-order valence-corrected chi connectivity index (χ0v) is 20.4. The summed E-state index contributed by atoms with van der Waals surface area (Å²) in [5.41, 5.74) is 0.968. The minimum Gasteiger partial charge on any atom is -0.371 e. The van der Waals surface area contributed by atoms with Gasteiger partial charge < -0.3 is 20.4 Å². The zero-order chi connectivity index (χ0) is 25.6. The maximum absolute atomic E-state index is 13.1. The lowest BCUT2D eigenvalue weighted by Crippen LogP contribution is -2.35. The predicted molar refractivity (Wildman–Crippen MR) is 132 cm³/mol. The fraction of sp³-hybridized carbons (Fsp3) is 0.462. The maximum atomic E-state index is 13.1. The smallest absolute Gasteiger partial charge is 0.371 e. The van der Waals surface area contributed by atoms with Crippen molar-refractivity contribution in [3.63, 3.8) is 0 Å². The molecule has 0 spiro atoms. The summed E-state index contributed by atoms with van der Waals surface area (Å²) in [6.07, 6.45) is -1.59. The summed E-state index contributed by atoms with van der Waals surface area (Å²) in [5, 5.41) is 5.67. The van der Waals surface area contributed by atoms with E-state index in [1.54, 1.807) is 12.1 Å². The molecule has 3 rings (SSSR count). The van der Waals surface area contributed by atoms with E-state index >= 15 is 0 Å². The van der Waals surface area contributed by atoms with Crippen LogP contribution in [0.25, 0.3) is 0 Å². The SMILES string of the molecule is CC1CCN(c2ccc(NC(=O)c3ccc(C(F)(F)F)cc3)cc2C(=O)NCCCN(C)C)CC1. The molecule has 0 radical (unpaired) electrons. The molecule has 6 nitrogen and oxygen atoms in total. The molecule has 2 aromatic carbocycles. The average Bonchev–Trinajstić information content (AvgIpc) is 2.81. The Kier molecular flexibility index (Phi) is 8.77. The second kappa shape index (κ2) is 11.6. The lowest BCUT2D eigenvalue weighted by Gasteiger charge is -2.33. The van der Waals surface area contributed by atoms with Crippen LogP contribution in [0.5, 0.6) is 0 Å². The van der Waals surface area contributed by atoms with Crippen LogP contribution in [0.2, 0.25) is 0 Å². The van der Waals surface area contributed by atoms with Crippen LogP contribution < -0.4 is 15.5 Å². The molecule has 2 N–H and O–H groups in total. The third-order valence-electron chi connectivity index (χ3n) is 6.17. The maximum Gasteiger partial charge on any atom is 0.416 e. The number of hydrogen-bond donors (Lipinski definition) is 2. The van der Waals surface area contributed by atoms with E-state index in [4.69, 9.17) is 0 Å². The third-order valence-corrected chi connectivity index (χ3v) is 6.17. The van der Waals surface area contributed by atoms with Gasteiger partial charge in [0, 0.05) is 36.6 Å². The number of carbonyl (C=O) groups excluding carboxylic acids is 2. The first kappa shape index (κ1) is 26.5. The van der Waals surface area contributed by atoms with Gasteiger partial charge >= 0.3 is 6.18 Å². The Bertz CT molecular complexity index is 1010. The normalized spacial score (nSPS) is 14.8. The largest absolute Gasteiger partial charge is 0.416 e. The summed E-state index contributed by atoms with van der Waals surface area (Å²) in [6, 6.07) is 9.21. The van der Waals surface area contributed by atoms with Gasteiger partial charge in [0.15, 0.2) is 0 Å². The van der Waals surface area contributed by atoms with Gasteiger partial charge in [0.2, 0.25) is 0 Å². The van der Waals surface area contributed by atoms with Crippen molar-refractivity contribution in [3.8, 4) is 0 Å². The number of rotatable bonds is 8. The lowest BCUT2D eigenvalue weighted by molar-refractivity contribution is -0.137. The number of nitrogens with one attached hydrogen (secondary N) is 2. The minimum atomic E-state index is -4.47. The molecule has 0 unspecified atom stereocenters. The van der Waals surface area contributed by atoms with Crippen molar-refractivity contribution in [2.75, 3.05) is 50.5 Å². The molecule has 2 aromatic rings. The quantitative estimate of drug-likeness (QED) is 0.518. The van der Waals surface area contributed by atoms with Crippen molar-refractivity contribution in [2.45, 2.75) is 32.4 Å². The first-order chi connectivity index (χ1) is 16.5. The summed E-state index contributed by atoms with van der Waals surface area (Å²) >= 11 is 0. The fourth-order valence-electron chi connectivity index (χ4n) is 4.03. The van der Waals surface area contributed by atoms with Gasteiger partial charge in [-0.15, -0.1) is 0 Å². The van der Waals surface area contributed by atoms with E-state index in [1.807, 2.05) is 25.1 Å². The Morgan fingerprint density at radius 3 is 2.29 bits per heavy atom. The van der Waals surface area contributed by atoms with Crippen molar-refractivity contribution in [1.29, 1.82) is 0 Å². The molecule has 1 aliphatic heterocycles. The van der Waals surface area contributed by atoms with Crippen molar-refractivity contribution in [3.05, 3.63) is 59.2 Å². The van der Waals surface area contributed by atoms with E-state index in [0.29, 0.717) is 23.7 Å². The van der Waals surface area contributed by atoms with Crippen LogP contribution >= 0.6 is 0 Å². The molecule has 190 valence electrons. The van der Waals surface area contributed by atoms with Gasteiger partial charge in [0.1, 0.15) is 0 Å². The zero-order valence-electron chi connectivity index (χ0n) is 20.4. The Labute approximate surface area is 204 Å². The molecule has 0 bridgehead atoms. The molecule has 1 heterocycles. The highest BCUT2D eigenvalue weighted by molar-refractivity contribution is 6.06. The van der Waals surface area contributed by atoms with Gasteiger partial charge in [-0.1, -0.05) is 6.92 Å². The number of piperidine rings is 1. The third kappa shape index (κ3) is 7.45. The van der Waals surface area contributed by atoms with Gasteiger partial charge in [0.25, 0.3) is 11.8 Å². The van der Waals surface area contributed by atoms with Gasteiger partial charge in [-0.25, -0.2) is 0 Å². The van der Waals surface area contributed by atoms with Crippen LogP contribution in [0, 0.1) is 5.92 Å². The van der Waals surface area contributed by atoms with Gasteiger partial charge in [0.05, 0.1) is 11.1 Å². The Hall–Kier alpha value is -3.07. The summed E-state index contributed by atoms with van der Waals surface area (Å²) in [5.74, 6) is -0.129. The number of nitrogens with zero attached hydrogens (tertiary/aromatic N) is 2. The van der Waals surface area contributed by atoms with Crippen LogP contribution in [0.15, 0.2) is 42.5 Å². The van der Waals surface area contributed by atoms with Crippen LogP contribution in [0.3, 0.4) is 0 Å². The summed E-state index contributed by atoms with van der Waals surface area (Å²) in [4.78, 5) is 30.0. The van der Waals surface area contributed by atoms with E-state index in [2.05, 4.69) is 22.5 Å². The molecule has 9 heteroatoms. The number of alkyl halides is 3. The predicted octanol–water partition coefficient (Wildman–Crippen LogP) is 4.88. The van der Waals surface area contributed by atoms with E-state index in [-0.39, 0.29) is 11.5 Å². The van der Waals surface area contributed by atoms with Crippen LogP contribution in [-0.4, -0.2) is 57.0 Å². The Balaban J connectivity index is 1.78. The molecule has 0 saturated carbocycles. The van der Waals surface area contributed by atoms with E-state index in [0.717, 1.165) is 68.8 Å². The van der Waals surface area contributed by atoms with Crippen molar-refractivity contribution in [2.24, 2.45) is 5.92 Å². The second-order valence-corrected chi connectivity index (χ2v) is 9.34. The van der Waals surface area contributed by atoms with Gasteiger partial charge in [-0.05, 0) is 88.3 Å². The lowest BCUT2D eigenvalue weighted by atomic mass is 9.97. The minimum absolute atomic E-state index is 0.0989. The Morgan fingerprint density at radius 2 is 1.69 bits per heavy atom. The first-order valence-corrected chi connectivity index (χ1v) is 11.8. The van der Waals surface area contributed by atoms with Crippen LogP contribution in [0.4, 0.5) is 24.5 Å². The van der Waals surface area contributed by atoms with Crippen LogP contribution in [-0.2, 0) is 6.18 Å². The highest BCUT2D eigenvalue weighted by Gasteiger charge is 2.30. The molecular formula is C26H33F3N4O2.